The summed E-state index contributed by atoms with van der Waals surface area (Å²) >= 11 is 0. The van der Waals surface area contributed by atoms with E-state index in [0.717, 1.165) is 0 Å². The number of aromatic nitrogens is 1. The third-order valence-electron chi connectivity index (χ3n) is 1.58. The van der Waals surface area contributed by atoms with Crippen molar-refractivity contribution in [1.29, 1.82) is 0 Å². The molecule has 68 valence electrons. The van der Waals surface area contributed by atoms with Crippen LogP contribution in [0.25, 0.3) is 11.0 Å². The molecule has 5 heteroatoms. The molecule has 0 radical (unpaired) electrons. The van der Waals surface area contributed by atoms with Gasteiger partial charge in [-0.05, 0) is 12.1 Å². The van der Waals surface area contributed by atoms with Crippen LogP contribution in [0.1, 0.15) is 10.5 Å². The molecule has 0 saturated carbocycles. The van der Waals surface area contributed by atoms with E-state index in [9.17, 15) is 4.79 Å². The standard InChI is InChI=1S/C8H5NO3.ClH/c10-8(11)7-5-2-4-12-6(5)1-3-9-7;/h1-4H,(H,10,11);1H. The number of hydrogen-bond donors (Lipinski definition) is 1. The van der Waals surface area contributed by atoms with E-state index in [2.05, 4.69) is 4.98 Å². The number of aromatic carboxylic acids is 1. The largest absolute Gasteiger partial charge is 0.476 e. The summed E-state index contributed by atoms with van der Waals surface area (Å²) in [4.78, 5) is 14.3. The van der Waals surface area contributed by atoms with Crippen LogP contribution in [-0.4, -0.2) is 16.1 Å². The maximum atomic E-state index is 10.6. The summed E-state index contributed by atoms with van der Waals surface area (Å²) in [7, 11) is 0. The Bertz CT molecular complexity index is 438. The highest BCUT2D eigenvalue weighted by molar-refractivity contribution is 5.99. The van der Waals surface area contributed by atoms with E-state index in [1.807, 2.05) is 0 Å². The van der Waals surface area contributed by atoms with Crippen LogP contribution in [0.15, 0.2) is 29.0 Å². The number of fused-ring (bicyclic) bond motifs is 1. The Balaban J connectivity index is 0.000000845. The fourth-order valence-electron chi connectivity index (χ4n) is 1.07. The minimum atomic E-state index is -1.04. The highest BCUT2D eigenvalue weighted by atomic mass is 35.5. The Kier molecular flexibility index (Phi) is 2.53. The Morgan fingerprint density at radius 3 is 2.92 bits per heavy atom. The average Bonchev–Trinajstić information content (AvgIpc) is 2.49. The molecule has 0 spiro atoms. The maximum Gasteiger partial charge on any atom is 0.355 e. The molecule has 1 N–H and O–H groups in total. The smallest absolute Gasteiger partial charge is 0.355 e. The second-order valence-corrected chi connectivity index (χ2v) is 2.30. The zero-order chi connectivity index (χ0) is 8.55. The number of nitrogens with zero attached hydrogens (tertiary/aromatic N) is 1. The quantitative estimate of drug-likeness (QED) is 0.763. The van der Waals surface area contributed by atoms with Gasteiger partial charge in [-0.15, -0.1) is 12.4 Å². The van der Waals surface area contributed by atoms with Crippen LogP contribution in [0.2, 0.25) is 0 Å². The highest BCUT2D eigenvalue weighted by Gasteiger charge is 2.10. The zero-order valence-electron chi connectivity index (χ0n) is 6.43. The van der Waals surface area contributed by atoms with Crippen LogP contribution in [0.3, 0.4) is 0 Å². The lowest BCUT2D eigenvalue weighted by molar-refractivity contribution is 0.0693. The number of pyridine rings is 1. The van der Waals surface area contributed by atoms with Gasteiger partial charge in [-0.3, -0.25) is 0 Å². The lowest BCUT2D eigenvalue weighted by Gasteiger charge is -1.92. The van der Waals surface area contributed by atoms with Crippen molar-refractivity contribution < 1.29 is 14.3 Å². The second-order valence-electron chi connectivity index (χ2n) is 2.30. The maximum absolute atomic E-state index is 10.6. The van der Waals surface area contributed by atoms with Crippen molar-refractivity contribution in [2.75, 3.05) is 0 Å². The summed E-state index contributed by atoms with van der Waals surface area (Å²) in [6, 6.07) is 3.22. The molecule has 2 heterocycles. The summed E-state index contributed by atoms with van der Waals surface area (Å²) in [6.45, 7) is 0. The molecule has 0 aliphatic rings. The van der Waals surface area contributed by atoms with Gasteiger partial charge in [0.25, 0.3) is 0 Å². The molecule has 2 rings (SSSR count). The molecular weight excluding hydrogens is 194 g/mol. The molecular formula is C8H6ClNO3. The molecule has 0 aromatic carbocycles. The Hall–Kier alpha value is -1.55. The number of carboxylic acids is 1. The summed E-state index contributed by atoms with van der Waals surface area (Å²) in [5, 5.41) is 9.23. The van der Waals surface area contributed by atoms with Gasteiger partial charge in [-0.1, -0.05) is 0 Å². The summed E-state index contributed by atoms with van der Waals surface area (Å²) in [6.07, 6.45) is 2.86. The number of carboxylic acid groups (broad SMARTS) is 1. The fourth-order valence-corrected chi connectivity index (χ4v) is 1.07. The average molecular weight is 200 g/mol. The van der Waals surface area contributed by atoms with Gasteiger partial charge in [0.1, 0.15) is 5.58 Å². The molecule has 2 aromatic heterocycles. The Labute approximate surface area is 79.6 Å². The molecule has 0 atom stereocenters. The summed E-state index contributed by atoms with van der Waals surface area (Å²) < 4.78 is 5.01. The van der Waals surface area contributed by atoms with Gasteiger partial charge in [-0.2, -0.15) is 0 Å². The van der Waals surface area contributed by atoms with E-state index in [1.165, 1.54) is 12.5 Å². The van der Waals surface area contributed by atoms with Crippen LogP contribution in [-0.2, 0) is 0 Å². The van der Waals surface area contributed by atoms with E-state index in [4.69, 9.17) is 9.52 Å². The van der Waals surface area contributed by atoms with Gasteiger partial charge in [0, 0.05) is 6.20 Å². The van der Waals surface area contributed by atoms with Crippen molar-refractivity contribution in [3.05, 3.63) is 30.3 Å². The van der Waals surface area contributed by atoms with E-state index in [-0.39, 0.29) is 18.1 Å². The number of halogens is 1. The lowest BCUT2D eigenvalue weighted by Crippen LogP contribution is -1.99. The minimum absolute atomic E-state index is 0. The van der Waals surface area contributed by atoms with Crippen LogP contribution in [0.5, 0.6) is 0 Å². The van der Waals surface area contributed by atoms with Gasteiger partial charge in [-0.25, -0.2) is 9.78 Å². The van der Waals surface area contributed by atoms with Crippen molar-refractivity contribution in [1.82, 2.24) is 4.98 Å². The topological polar surface area (TPSA) is 63.3 Å². The van der Waals surface area contributed by atoms with E-state index in [1.54, 1.807) is 12.1 Å². The van der Waals surface area contributed by atoms with Gasteiger partial charge in [0.2, 0.25) is 0 Å². The SMILES string of the molecule is Cl.O=C(O)c1nccc2occc12. The van der Waals surface area contributed by atoms with Crippen molar-refractivity contribution >= 4 is 29.3 Å². The van der Waals surface area contributed by atoms with Gasteiger partial charge in [0.05, 0.1) is 11.6 Å². The number of carbonyl (C=O) groups is 1. The Morgan fingerprint density at radius 1 is 1.46 bits per heavy atom. The molecule has 13 heavy (non-hydrogen) atoms. The van der Waals surface area contributed by atoms with Crippen LogP contribution in [0, 0.1) is 0 Å². The van der Waals surface area contributed by atoms with Crippen molar-refractivity contribution in [3.63, 3.8) is 0 Å². The highest BCUT2D eigenvalue weighted by Crippen LogP contribution is 2.17. The zero-order valence-corrected chi connectivity index (χ0v) is 7.25. The first kappa shape index (κ1) is 9.54. The van der Waals surface area contributed by atoms with Gasteiger partial charge >= 0.3 is 5.97 Å². The van der Waals surface area contributed by atoms with Crippen LogP contribution in [0.4, 0.5) is 0 Å². The first-order chi connectivity index (χ1) is 5.79. The first-order valence-corrected chi connectivity index (χ1v) is 3.34. The van der Waals surface area contributed by atoms with Crippen molar-refractivity contribution in [2.24, 2.45) is 0 Å². The number of rotatable bonds is 1. The van der Waals surface area contributed by atoms with Crippen molar-refractivity contribution in [2.45, 2.75) is 0 Å². The lowest BCUT2D eigenvalue weighted by atomic mass is 10.2. The molecule has 0 aliphatic carbocycles. The van der Waals surface area contributed by atoms with Crippen LogP contribution >= 0.6 is 12.4 Å². The Morgan fingerprint density at radius 2 is 2.23 bits per heavy atom. The minimum Gasteiger partial charge on any atom is -0.476 e. The molecule has 0 aliphatic heterocycles. The van der Waals surface area contributed by atoms with Crippen LogP contribution < -0.4 is 0 Å². The van der Waals surface area contributed by atoms with E-state index in [0.29, 0.717) is 11.0 Å². The third kappa shape index (κ3) is 1.48. The second kappa shape index (κ2) is 3.45. The predicted molar refractivity (Wildman–Crippen MR) is 48.2 cm³/mol. The molecule has 0 saturated heterocycles. The molecule has 0 unspecified atom stereocenters. The predicted octanol–water partition coefficient (Wildman–Crippen LogP) is 1.95. The normalized spacial score (nSPS) is 9.54. The summed E-state index contributed by atoms with van der Waals surface area (Å²) in [5.74, 6) is -1.04. The van der Waals surface area contributed by atoms with E-state index < -0.39 is 5.97 Å². The third-order valence-corrected chi connectivity index (χ3v) is 1.58. The molecule has 0 amide bonds. The molecule has 0 bridgehead atoms. The first-order valence-electron chi connectivity index (χ1n) is 3.34. The molecule has 2 aromatic rings. The fraction of sp³-hybridized carbons (Fsp3) is 0. The van der Waals surface area contributed by atoms with E-state index >= 15 is 0 Å². The monoisotopic (exact) mass is 199 g/mol. The number of hydrogen-bond acceptors (Lipinski definition) is 3. The van der Waals surface area contributed by atoms with Crippen molar-refractivity contribution in [3.8, 4) is 0 Å². The van der Waals surface area contributed by atoms with Gasteiger partial charge in [0.15, 0.2) is 5.69 Å². The van der Waals surface area contributed by atoms with Gasteiger partial charge < -0.3 is 9.52 Å². The molecule has 0 fully saturated rings. The molecule has 4 nitrogen and oxygen atoms in total. The summed E-state index contributed by atoms with van der Waals surface area (Å²) in [5.41, 5.74) is 0.573. The number of furan rings is 1.